The van der Waals surface area contributed by atoms with Crippen molar-refractivity contribution in [2.45, 2.75) is 32.2 Å². The third-order valence-corrected chi connectivity index (χ3v) is 4.85. The van der Waals surface area contributed by atoms with Crippen LogP contribution in [0.15, 0.2) is 48.5 Å². The minimum absolute atomic E-state index is 0.0422. The van der Waals surface area contributed by atoms with Gasteiger partial charge in [0.1, 0.15) is 6.04 Å². The van der Waals surface area contributed by atoms with Gasteiger partial charge in [-0.2, -0.15) is 0 Å². The Morgan fingerprint density at radius 3 is 1.53 bits per heavy atom. The van der Waals surface area contributed by atoms with Crippen LogP contribution in [0.4, 0.5) is 11.4 Å². The van der Waals surface area contributed by atoms with E-state index in [-0.39, 0.29) is 34.5 Å². The fourth-order valence-electron chi connectivity index (χ4n) is 3.03. The highest BCUT2D eigenvalue weighted by molar-refractivity contribution is 5.88. The molecule has 1 fully saturated rings. The minimum atomic E-state index is -1.09. The van der Waals surface area contributed by atoms with Crippen LogP contribution in [-0.4, -0.2) is 61.3 Å². The summed E-state index contributed by atoms with van der Waals surface area (Å²) in [5.41, 5.74) is 5.02. The van der Waals surface area contributed by atoms with E-state index in [2.05, 4.69) is 0 Å². The molecule has 4 N–H and O–H groups in total. The van der Waals surface area contributed by atoms with Gasteiger partial charge in [-0.3, -0.25) is 29.8 Å². The zero-order valence-corrected chi connectivity index (χ0v) is 19.1. The molecule has 1 heterocycles. The highest BCUT2D eigenvalue weighted by atomic mass is 16.6. The monoisotopic (exact) mass is 504 g/mol. The Balaban J connectivity index is 0.000000270. The molecule has 1 saturated heterocycles. The maximum Gasteiger partial charge on any atom is 0.335 e. The van der Waals surface area contributed by atoms with Crippen molar-refractivity contribution >= 4 is 35.1 Å². The van der Waals surface area contributed by atoms with E-state index in [0.29, 0.717) is 19.4 Å². The summed E-state index contributed by atoms with van der Waals surface area (Å²) in [4.78, 5) is 63.4. The third kappa shape index (κ3) is 8.81. The number of carboxylic acid groups (broad SMARTS) is 2. The maximum atomic E-state index is 11.2. The molecule has 14 nitrogen and oxygen atoms in total. The standard InChI is InChI=1S/C8H14N2O2.2C7H5NO4/c1-2-6(8(9)12)10-5-3-4-7(10)11;2*9-7(10)5-1-3-6(4-2-5)8(11)12/h6H,2-5H2,1H3,(H2,9,12);2*1-4H,(H,9,10)/t6-;;/m0../s1. The van der Waals surface area contributed by atoms with Crippen LogP contribution in [0.1, 0.15) is 46.9 Å². The highest BCUT2D eigenvalue weighted by Gasteiger charge is 2.29. The molecule has 0 aliphatic carbocycles. The van der Waals surface area contributed by atoms with Crippen molar-refractivity contribution in [1.82, 2.24) is 4.90 Å². The van der Waals surface area contributed by atoms with Crippen molar-refractivity contribution in [1.29, 1.82) is 0 Å². The normalized spacial score (nSPS) is 12.8. The van der Waals surface area contributed by atoms with E-state index in [4.69, 9.17) is 15.9 Å². The molecule has 2 amide bonds. The molecule has 0 spiro atoms. The van der Waals surface area contributed by atoms with Gasteiger partial charge in [0.05, 0.1) is 21.0 Å². The molecule has 3 rings (SSSR count). The molecule has 192 valence electrons. The SMILES string of the molecule is CC[C@@H](C(N)=O)N1CCCC1=O.O=C(O)c1ccc([N+](=O)[O-])cc1.O=C(O)c1ccc([N+](=O)[O-])cc1. The van der Waals surface area contributed by atoms with Crippen molar-refractivity contribution in [2.24, 2.45) is 5.73 Å². The Kier molecular flexibility index (Phi) is 11.1. The summed E-state index contributed by atoms with van der Waals surface area (Å²) in [6, 6.07) is 9.02. The third-order valence-electron chi connectivity index (χ3n) is 4.85. The lowest BCUT2D eigenvalue weighted by Gasteiger charge is -2.23. The molecule has 36 heavy (non-hydrogen) atoms. The Hall–Kier alpha value is -4.88. The number of nitrogens with two attached hydrogens (primary N) is 1. The van der Waals surface area contributed by atoms with Gasteiger partial charge in [-0.05, 0) is 37.1 Å². The van der Waals surface area contributed by atoms with Crippen LogP contribution in [0, 0.1) is 20.2 Å². The number of likely N-dealkylation sites (tertiary alicyclic amines) is 1. The topological polar surface area (TPSA) is 224 Å². The fraction of sp³-hybridized carbons (Fsp3) is 0.273. The number of nitrogens with zero attached hydrogens (tertiary/aromatic N) is 3. The molecule has 0 radical (unpaired) electrons. The number of carbonyl (C=O) groups is 4. The van der Waals surface area contributed by atoms with E-state index in [9.17, 15) is 39.4 Å². The van der Waals surface area contributed by atoms with Crippen molar-refractivity contribution in [3.8, 4) is 0 Å². The predicted molar refractivity (Wildman–Crippen MR) is 124 cm³/mol. The molecule has 1 atom stereocenters. The van der Waals surface area contributed by atoms with Gasteiger partial charge in [-0.25, -0.2) is 9.59 Å². The highest BCUT2D eigenvalue weighted by Crippen LogP contribution is 2.15. The summed E-state index contributed by atoms with van der Waals surface area (Å²) in [6.07, 6.45) is 2.02. The molecule has 0 unspecified atom stereocenters. The number of amides is 2. The lowest BCUT2D eigenvalue weighted by molar-refractivity contribution is -0.385. The first kappa shape index (κ1) is 29.2. The summed E-state index contributed by atoms with van der Waals surface area (Å²) >= 11 is 0. The van der Waals surface area contributed by atoms with Crippen LogP contribution in [-0.2, 0) is 9.59 Å². The second-order valence-electron chi connectivity index (χ2n) is 7.24. The van der Waals surface area contributed by atoms with E-state index in [1.807, 2.05) is 6.92 Å². The summed E-state index contributed by atoms with van der Waals surface area (Å²) in [7, 11) is 0. The van der Waals surface area contributed by atoms with E-state index in [1.165, 1.54) is 24.3 Å². The minimum Gasteiger partial charge on any atom is -0.478 e. The molecule has 1 aliphatic rings. The number of primary amides is 1. The Bertz CT molecular complexity index is 983. The number of hydrogen-bond donors (Lipinski definition) is 3. The number of carbonyl (C=O) groups excluding carboxylic acids is 2. The summed E-state index contributed by atoms with van der Waals surface area (Å²) in [5.74, 6) is -2.52. The largest absolute Gasteiger partial charge is 0.478 e. The quantitative estimate of drug-likeness (QED) is 0.368. The first-order valence-corrected chi connectivity index (χ1v) is 10.4. The van der Waals surface area contributed by atoms with Crippen molar-refractivity contribution in [3.05, 3.63) is 79.9 Å². The molecule has 2 aromatic carbocycles. The Labute approximate surface area is 204 Å². The van der Waals surface area contributed by atoms with Gasteiger partial charge in [0.2, 0.25) is 11.8 Å². The van der Waals surface area contributed by atoms with Crippen molar-refractivity contribution < 1.29 is 39.2 Å². The van der Waals surface area contributed by atoms with Crippen molar-refractivity contribution in [2.75, 3.05) is 6.54 Å². The van der Waals surface area contributed by atoms with Crippen LogP contribution in [0.25, 0.3) is 0 Å². The molecule has 14 heteroatoms. The average molecular weight is 504 g/mol. The number of carboxylic acids is 2. The van der Waals surface area contributed by atoms with Gasteiger partial charge >= 0.3 is 11.9 Å². The van der Waals surface area contributed by atoms with E-state index in [1.54, 1.807) is 4.90 Å². The van der Waals surface area contributed by atoms with Gasteiger partial charge in [0, 0.05) is 37.2 Å². The fourth-order valence-corrected chi connectivity index (χ4v) is 3.03. The first-order valence-electron chi connectivity index (χ1n) is 10.4. The number of nitro benzene ring substituents is 2. The summed E-state index contributed by atoms with van der Waals surface area (Å²) in [5, 5.41) is 37.2. The van der Waals surface area contributed by atoms with Crippen LogP contribution in [0.3, 0.4) is 0 Å². The number of non-ortho nitro benzene ring substituents is 2. The smallest absolute Gasteiger partial charge is 0.335 e. The Morgan fingerprint density at radius 1 is 0.917 bits per heavy atom. The molecule has 1 aliphatic heterocycles. The first-order chi connectivity index (χ1) is 16.9. The zero-order valence-electron chi connectivity index (χ0n) is 19.1. The van der Waals surface area contributed by atoms with E-state index >= 15 is 0 Å². The summed E-state index contributed by atoms with van der Waals surface area (Å²) < 4.78 is 0. The van der Waals surface area contributed by atoms with Crippen LogP contribution in [0.2, 0.25) is 0 Å². The Morgan fingerprint density at radius 2 is 1.31 bits per heavy atom. The molecule has 0 aromatic heterocycles. The van der Waals surface area contributed by atoms with Gasteiger partial charge in [-0.1, -0.05) is 6.92 Å². The number of aromatic carboxylic acids is 2. The molecule has 2 aromatic rings. The summed E-state index contributed by atoms with van der Waals surface area (Å²) in [6.45, 7) is 2.54. The van der Waals surface area contributed by atoms with E-state index < -0.39 is 27.7 Å². The number of nitro groups is 2. The number of hydrogen-bond acceptors (Lipinski definition) is 8. The lowest BCUT2D eigenvalue weighted by Crippen LogP contribution is -2.44. The van der Waals surface area contributed by atoms with Gasteiger partial charge in [-0.15, -0.1) is 0 Å². The van der Waals surface area contributed by atoms with Crippen LogP contribution < -0.4 is 5.73 Å². The molecule has 0 bridgehead atoms. The number of rotatable bonds is 7. The average Bonchev–Trinajstić information content (AvgIpc) is 3.25. The maximum absolute atomic E-state index is 11.2. The molecular weight excluding hydrogens is 480 g/mol. The van der Waals surface area contributed by atoms with Crippen molar-refractivity contribution in [3.63, 3.8) is 0 Å². The van der Waals surface area contributed by atoms with Crippen LogP contribution in [0.5, 0.6) is 0 Å². The second-order valence-corrected chi connectivity index (χ2v) is 7.24. The van der Waals surface area contributed by atoms with E-state index in [0.717, 1.165) is 30.7 Å². The molecular formula is C22H24N4O10. The number of benzene rings is 2. The predicted octanol–water partition coefficient (Wildman–Crippen LogP) is 2.46. The van der Waals surface area contributed by atoms with Gasteiger partial charge in [0.25, 0.3) is 11.4 Å². The van der Waals surface area contributed by atoms with Gasteiger partial charge in [0.15, 0.2) is 0 Å². The van der Waals surface area contributed by atoms with Crippen LogP contribution >= 0.6 is 0 Å². The lowest BCUT2D eigenvalue weighted by atomic mass is 10.2. The second kappa shape index (κ2) is 13.7. The zero-order chi connectivity index (χ0) is 27.4. The van der Waals surface area contributed by atoms with Gasteiger partial charge < -0.3 is 20.8 Å². The molecule has 0 saturated carbocycles.